The fraction of sp³-hybridized carbons (Fsp3) is 0.273. The Morgan fingerprint density at radius 2 is 1.73 bits per heavy atom. The molecule has 0 saturated heterocycles. The summed E-state index contributed by atoms with van der Waals surface area (Å²) in [6.45, 7) is 6.50. The molecule has 0 aliphatic carbocycles. The normalized spacial score (nSPS) is 11.3. The van der Waals surface area contributed by atoms with Gasteiger partial charge in [0, 0.05) is 24.1 Å². The summed E-state index contributed by atoms with van der Waals surface area (Å²) in [5, 5.41) is 2.92. The third-order valence-corrected chi connectivity index (χ3v) is 4.21. The second-order valence-electron chi connectivity index (χ2n) is 7.36. The molecule has 1 heterocycles. The van der Waals surface area contributed by atoms with Crippen LogP contribution >= 0.6 is 0 Å². The second kappa shape index (κ2) is 7.56. The number of rotatable bonds is 5. The maximum Gasteiger partial charge on any atom is 0.224 e. The van der Waals surface area contributed by atoms with Crippen LogP contribution in [0.4, 0.5) is 5.69 Å². The Kier molecular flexibility index (Phi) is 5.21. The zero-order valence-corrected chi connectivity index (χ0v) is 15.5. The first-order valence-electron chi connectivity index (χ1n) is 8.82. The Labute approximate surface area is 154 Å². The van der Waals surface area contributed by atoms with Crippen LogP contribution in [0, 0.1) is 0 Å². The first-order chi connectivity index (χ1) is 12.4. The summed E-state index contributed by atoms with van der Waals surface area (Å²) in [5.41, 5.74) is 3.13. The first kappa shape index (κ1) is 17.9. The molecule has 0 radical (unpaired) electrons. The van der Waals surface area contributed by atoms with Gasteiger partial charge in [-0.2, -0.15) is 0 Å². The molecule has 4 heteroatoms. The minimum Gasteiger partial charge on any atom is -0.441 e. The summed E-state index contributed by atoms with van der Waals surface area (Å²) >= 11 is 0. The van der Waals surface area contributed by atoms with E-state index in [4.69, 9.17) is 4.42 Å². The number of oxazole rings is 1. The van der Waals surface area contributed by atoms with E-state index in [2.05, 4.69) is 43.2 Å². The lowest BCUT2D eigenvalue weighted by Gasteiger charge is -2.19. The number of aromatic nitrogens is 1. The summed E-state index contributed by atoms with van der Waals surface area (Å²) in [4.78, 5) is 16.4. The molecule has 0 aliphatic heterocycles. The van der Waals surface area contributed by atoms with E-state index in [-0.39, 0.29) is 11.3 Å². The van der Waals surface area contributed by atoms with Crippen LogP contribution in [0.15, 0.2) is 65.2 Å². The molecule has 0 unspecified atom stereocenters. The van der Waals surface area contributed by atoms with Crippen molar-refractivity contribution in [2.45, 2.75) is 39.0 Å². The number of amides is 1. The summed E-state index contributed by atoms with van der Waals surface area (Å²) in [7, 11) is 0. The third kappa shape index (κ3) is 4.60. The second-order valence-corrected chi connectivity index (χ2v) is 7.36. The molecule has 2 aromatic carbocycles. The maximum atomic E-state index is 12.2. The highest BCUT2D eigenvalue weighted by atomic mass is 16.4. The Balaban J connectivity index is 1.54. The van der Waals surface area contributed by atoms with Gasteiger partial charge in [0.05, 0.1) is 6.20 Å². The number of anilines is 1. The van der Waals surface area contributed by atoms with Gasteiger partial charge >= 0.3 is 0 Å². The molecular weight excluding hydrogens is 324 g/mol. The number of carbonyl (C=O) groups is 1. The van der Waals surface area contributed by atoms with E-state index < -0.39 is 0 Å². The van der Waals surface area contributed by atoms with Crippen LogP contribution in [-0.2, 0) is 16.6 Å². The molecule has 1 amide bonds. The summed E-state index contributed by atoms with van der Waals surface area (Å²) < 4.78 is 5.73. The van der Waals surface area contributed by atoms with Crippen molar-refractivity contribution < 1.29 is 9.21 Å². The zero-order valence-electron chi connectivity index (χ0n) is 15.5. The molecule has 3 aromatic rings. The molecular formula is C22H24N2O2. The Morgan fingerprint density at radius 1 is 1.04 bits per heavy atom. The van der Waals surface area contributed by atoms with Crippen molar-refractivity contribution in [3.05, 3.63) is 72.2 Å². The minimum absolute atomic E-state index is 0.0482. The number of benzene rings is 2. The molecule has 1 aromatic heterocycles. The molecule has 134 valence electrons. The number of nitrogens with zero attached hydrogens (tertiary/aromatic N) is 1. The van der Waals surface area contributed by atoms with Crippen LogP contribution in [-0.4, -0.2) is 10.9 Å². The van der Waals surface area contributed by atoms with Gasteiger partial charge in [0.2, 0.25) is 5.91 Å². The van der Waals surface area contributed by atoms with E-state index in [1.807, 2.05) is 42.5 Å². The molecule has 0 atom stereocenters. The Hall–Kier alpha value is -2.88. The van der Waals surface area contributed by atoms with Gasteiger partial charge in [-0.05, 0) is 23.1 Å². The summed E-state index contributed by atoms with van der Waals surface area (Å²) in [6.07, 6.45) is 2.50. The average molecular weight is 348 g/mol. The van der Waals surface area contributed by atoms with Crippen LogP contribution in [0.3, 0.4) is 0 Å². The van der Waals surface area contributed by atoms with Crippen molar-refractivity contribution in [2.75, 3.05) is 5.32 Å². The maximum absolute atomic E-state index is 12.2. The predicted molar refractivity (Wildman–Crippen MR) is 104 cm³/mol. The predicted octanol–water partition coefficient (Wildman–Crippen LogP) is 5.21. The number of aryl methyl sites for hydroxylation is 1. The topological polar surface area (TPSA) is 55.1 Å². The molecule has 0 fully saturated rings. The smallest absolute Gasteiger partial charge is 0.224 e. The largest absolute Gasteiger partial charge is 0.441 e. The molecule has 0 aliphatic rings. The SMILES string of the molecule is CC(C)(C)c1ccc(NC(=O)CCc2ncc(-c3ccccc3)o2)cc1. The quantitative estimate of drug-likeness (QED) is 0.688. The molecule has 1 N–H and O–H groups in total. The monoisotopic (exact) mass is 348 g/mol. The fourth-order valence-corrected chi connectivity index (χ4v) is 2.66. The first-order valence-corrected chi connectivity index (χ1v) is 8.82. The van der Waals surface area contributed by atoms with E-state index >= 15 is 0 Å². The van der Waals surface area contributed by atoms with Crippen molar-refractivity contribution in [1.82, 2.24) is 4.98 Å². The molecule has 3 rings (SSSR count). The van der Waals surface area contributed by atoms with Gasteiger partial charge in [-0.25, -0.2) is 4.98 Å². The average Bonchev–Trinajstić information content (AvgIpc) is 3.09. The zero-order chi connectivity index (χ0) is 18.6. The van der Waals surface area contributed by atoms with Crippen molar-refractivity contribution in [1.29, 1.82) is 0 Å². The van der Waals surface area contributed by atoms with Crippen molar-refractivity contribution >= 4 is 11.6 Å². The highest BCUT2D eigenvalue weighted by Crippen LogP contribution is 2.24. The standard InChI is InChI=1S/C22H24N2O2/c1-22(2,3)17-9-11-18(12-10-17)24-20(25)13-14-21-23-15-19(26-21)16-7-5-4-6-8-16/h4-12,15H,13-14H2,1-3H3,(H,24,25). The van der Waals surface area contributed by atoms with Crippen LogP contribution in [0.2, 0.25) is 0 Å². The molecule has 0 bridgehead atoms. The van der Waals surface area contributed by atoms with Crippen molar-refractivity contribution in [2.24, 2.45) is 0 Å². The van der Waals surface area contributed by atoms with E-state index in [1.165, 1.54) is 5.56 Å². The summed E-state index contributed by atoms with van der Waals surface area (Å²) in [6, 6.07) is 17.8. The van der Waals surface area contributed by atoms with Gasteiger partial charge in [-0.15, -0.1) is 0 Å². The van der Waals surface area contributed by atoms with Gasteiger partial charge < -0.3 is 9.73 Å². The van der Waals surface area contributed by atoms with Gasteiger partial charge in [0.1, 0.15) is 0 Å². The summed E-state index contributed by atoms with van der Waals surface area (Å²) in [5.74, 6) is 1.24. The van der Waals surface area contributed by atoms with E-state index in [0.717, 1.165) is 17.0 Å². The molecule has 4 nitrogen and oxygen atoms in total. The highest BCUT2D eigenvalue weighted by molar-refractivity contribution is 5.90. The highest BCUT2D eigenvalue weighted by Gasteiger charge is 2.13. The van der Waals surface area contributed by atoms with Gasteiger partial charge in [0.15, 0.2) is 11.7 Å². The van der Waals surface area contributed by atoms with Crippen molar-refractivity contribution in [3.8, 4) is 11.3 Å². The van der Waals surface area contributed by atoms with Crippen LogP contribution < -0.4 is 5.32 Å². The lowest BCUT2D eigenvalue weighted by molar-refractivity contribution is -0.116. The Morgan fingerprint density at radius 3 is 2.38 bits per heavy atom. The van der Waals surface area contributed by atoms with Crippen LogP contribution in [0.1, 0.15) is 38.6 Å². The molecule has 0 spiro atoms. The Bertz CT molecular complexity index is 859. The number of hydrogen-bond donors (Lipinski definition) is 1. The van der Waals surface area contributed by atoms with Crippen molar-refractivity contribution in [3.63, 3.8) is 0 Å². The van der Waals surface area contributed by atoms with Crippen LogP contribution in [0.25, 0.3) is 11.3 Å². The van der Waals surface area contributed by atoms with E-state index in [1.54, 1.807) is 6.20 Å². The number of nitrogens with one attached hydrogen (secondary N) is 1. The fourth-order valence-electron chi connectivity index (χ4n) is 2.66. The van der Waals surface area contributed by atoms with Gasteiger partial charge in [-0.3, -0.25) is 4.79 Å². The number of hydrogen-bond acceptors (Lipinski definition) is 3. The van der Waals surface area contributed by atoms with Gasteiger partial charge in [-0.1, -0.05) is 63.2 Å². The number of carbonyl (C=O) groups excluding carboxylic acids is 1. The molecule has 0 saturated carbocycles. The molecule has 26 heavy (non-hydrogen) atoms. The minimum atomic E-state index is -0.0482. The van der Waals surface area contributed by atoms with Gasteiger partial charge in [0.25, 0.3) is 0 Å². The van der Waals surface area contributed by atoms with E-state index in [9.17, 15) is 4.79 Å². The van der Waals surface area contributed by atoms with Crippen LogP contribution in [0.5, 0.6) is 0 Å². The lowest BCUT2D eigenvalue weighted by Crippen LogP contribution is -2.14. The van der Waals surface area contributed by atoms with E-state index in [0.29, 0.717) is 18.7 Å². The third-order valence-electron chi connectivity index (χ3n) is 4.21. The lowest BCUT2D eigenvalue weighted by atomic mass is 9.87.